The van der Waals surface area contributed by atoms with E-state index in [0.717, 1.165) is 26.1 Å². The fraction of sp³-hybridized carbons (Fsp3) is 0.200. The summed E-state index contributed by atoms with van der Waals surface area (Å²) in [5.74, 6) is 0. The average molecular weight is 381 g/mol. The van der Waals surface area contributed by atoms with Gasteiger partial charge in [-0.3, -0.25) is 9.30 Å². The summed E-state index contributed by atoms with van der Waals surface area (Å²) in [5.41, 5.74) is 1.12. The maximum absolute atomic E-state index is 5.99. The van der Waals surface area contributed by atoms with Crippen molar-refractivity contribution in [3.63, 3.8) is 0 Å². The number of thiazole rings is 1. The molecule has 23 heavy (non-hydrogen) atoms. The standard InChI is InChI=1S/C15H13ClN4S3/c1-18(8-10-6-7-13(16)22-10)9-19-15(21)20-11-4-2-3-5-12(11)23-14(20)17-19/h2-7H,8-9H2,1H3. The highest BCUT2D eigenvalue weighted by molar-refractivity contribution is 7.71. The van der Waals surface area contributed by atoms with Crippen LogP contribution in [0.2, 0.25) is 4.34 Å². The van der Waals surface area contributed by atoms with E-state index in [0.29, 0.717) is 6.67 Å². The molecule has 0 fully saturated rings. The fourth-order valence-electron chi connectivity index (χ4n) is 2.56. The van der Waals surface area contributed by atoms with E-state index in [1.165, 1.54) is 9.58 Å². The molecule has 0 saturated heterocycles. The average Bonchev–Trinajstić information content (AvgIpc) is 3.16. The number of thiophene rings is 1. The molecule has 0 aliphatic rings. The Morgan fingerprint density at radius 1 is 1.22 bits per heavy atom. The summed E-state index contributed by atoms with van der Waals surface area (Å²) in [5, 5.41) is 4.67. The Bertz CT molecular complexity index is 1040. The van der Waals surface area contributed by atoms with Crippen LogP contribution in [0, 0.1) is 4.77 Å². The molecule has 0 aliphatic carbocycles. The minimum absolute atomic E-state index is 0.650. The summed E-state index contributed by atoms with van der Waals surface area (Å²) in [6.07, 6.45) is 0. The first-order valence-corrected chi connectivity index (χ1v) is 9.43. The second-order valence-corrected chi connectivity index (χ2v) is 8.51. The van der Waals surface area contributed by atoms with Crippen LogP contribution in [0.5, 0.6) is 0 Å². The van der Waals surface area contributed by atoms with E-state index >= 15 is 0 Å². The maximum atomic E-state index is 5.99. The summed E-state index contributed by atoms with van der Waals surface area (Å²) in [6.45, 7) is 1.47. The summed E-state index contributed by atoms with van der Waals surface area (Å²) < 4.78 is 6.68. The van der Waals surface area contributed by atoms with Gasteiger partial charge in [-0.25, -0.2) is 4.68 Å². The highest BCUT2D eigenvalue weighted by atomic mass is 35.5. The van der Waals surface area contributed by atoms with Crippen molar-refractivity contribution in [3.8, 4) is 0 Å². The largest absolute Gasteiger partial charge is 0.282 e. The Balaban J connectivity index is 1.64. The van der Waals surface area contributed by atoms with E-state index in [2.05, 4.69) is 35.2 Å². The molecule has 0 amide bonds. The number of halogens is 1. The quantitative estimate of drug-likeness (QED) is 0.471. The molecule has 0 bridgehead atoms. The van der Waals surface area contributed by atoms with Crippen LogP contribution in [0.3, 0.4) is 0 Å². The topological polar surface area (TPSA) is 25.5 Å². The van der Waals surface area contributed by atoms with Crippen molar-refractivity contribution in [3.05, 3.63) is 50.4 Å². The molecule has 0 atom stereocenters. The number of hydrogen-bond donors (Lipinski definition) is 0. The molecule has 0 N–H and O–H groups in total. The lowest BCUT2D eigenvalue weighted by molar-refractivity contribution is 0.247. The Morgan fingerprint density at radius 2 is 2.04 bits per heavy atom. The van der Waals surface area contributed by atoms with Crippen LogP contribution in [-0.4, -0.2) is 26.1 Å². The molecule has 0 unspecified atom stereocenters. The van der Waals surface area contributed by atoms with Gasteiger partial charge in [-0.2, -0.15) is 0 Å². The molecule has 4 rings (SSSR count). The van der Waals surface area contributed by atoms with E-state index in [-0.39, 0.29) is 0 Å². The van der Waals surface area contributed by atoms with Crippen LogP contribution in [0.15, 0.2) is 36.4 Å². The summed E-state index contributed by atoms with van der Waals surface area (Å²) in [4.78, 5) is 4.34. The van der Waals surface area contributed by atoms with Gasteiger partial charge >= 0.3 is 0 Å². The van der Waals surface area contributed by atoms with Gasteiger partial charge in [0.1, 0.15) is 0 Å². The van der Waals surface area contributed by atoms with E-state index in [9.17, 15) is 0 Å². The molecular weight excluding hydrogens is 368 g/mol. The van der Waals surface area contributed by atoms with Gasteiger partial charge in [0.05, 0.1) is 21.2 Å². The first-order valence-electron chi connectivity index (χ1n) is 7.02. The van der Waals surface area contributed by atoms with Crippen molar-refractivity contribution in [1.29, 1.82) is 0 Å². The molecule has 4 nitrogen and oxygen atoms in total. The molecule has 8 heteroatoms. The van der Waals surface area contributed by atoms with E-state index in [1.807, 2.05) is 27.3 Å². The summed E-state index contributed by atoms with van der Waals surface area (Å²) in [6, 6.07) is 12.2. The van der Waals surface area contributed by atoms with Crippen LogP contribution in [0.1, 0.15) is 4.88 Å². The van der Waals surface area contributed by atoms with Gasteiger partial charge in [0, 0.05) is 11.4 Å². The zero-order valence-corrected chi connectivity index (χ0v) is 15.5. The Hall–Kier alpha value is -1.25. The molecule has 3 heterocycles. The number of rotatable bonds is 4. The zero-order valence-electron chi connectivity index (χ0n) is 12.3. The van der Waals surface area contributed by atoms with E-state index in [4.69, 9.17) is 23.8 Å². The first-order chi connectivity index (χ1) is 11.1. The number of aromatic nitrogens is 3. The van der Waals surface area contributed by atoms with Crippen LogP contribution in [0.4, 0.5) is 0 Å². The fourth-order valence-corrected chi connectivity index (χ4v) is 5.09. The second kappa shape index (κ2) is 5.99. The third-order valence-corrected chi connectivity index (χ3v) is 6.17. The van der Waals surface area contributed by atoms with Crippen molar-refractivity contribution in [2.24, 2.45) is 0 Å². The molecule has 3 aromatic heterocycles. The first kappa shape index (κ1) is 15.3. The van der Waals surface area contributed by atoms with Gasteiger partial charge in [-0.05, 0) is 43.5 Å². The molecule has 0 radical (unpaired) electrons. The van der Waals surface area contributed by atoms with Crippen LogP contribution in [0.25, 0.3) is 15.2 Å². The number of benzene rings is 1. The summed E-state index contributed by atoms with van der Waals surface area (Å²) >= 11 is 14.9. The SMILES string of the molecule is CN(Cc1ccc(Cl)s1)Cn1nc2sc3ccccc3n2c1=S. The highest BCUT2D eigenvalue weighted by Gasteiger charge is 2.12. The Kier molecular flexibility index (Phi) is 3.98. The number of hydrogen-bond acceptors (Lipinski definition) is 5. The third kappa shape index (κ3) is 2.83. The predicted molar refractivity (Wildman–Crippen MR) is 100 cm³/mol. The lowest BCUT2D eigenvalue weighted by Crippen LogP contribution is -2.22. The number of nitrogens with zero attached hydrogens (tertiary/aromatic N) is 4. The van der Waals surface area contributed by atoms with E-state index < -0.39 is 0 Å². The van der Waals surface area contributed by atoms with Gasteiger partial charge in [-0.15, -0.1) is 16.4 Å². The second-order valence-electron chi connectivity index (χ2n) is 5.33. The summed E-state index contributed by atoms with van der Waals surface area (Å²) in [7, 11) is 2.06. The molecule has 4 aromatic rings. The highest BCUT2D eigenvalue weighted by Crippen LogP contribution is 2.26. The number of para-hydroxylation sites is 1. The van der Waals surface area contributed by atoms with Gasteiger partial charge in [0.25, 0.3) is 0 Å². The predicted octanol–water partition coefficient (Wildman–Crippen LogP) is 4.88. The lowest BCUT2D eigenvalue weighted by atomic mass is 10.3. The zero-order chi connectivity index (χ0) is 16.0. The van der Waals surface area contributed by atoms with E-state index in [1.54, 1.807) is 22.7 Å². The molecule has 0 aliphatic heterocycles. The van der Waals surface area contributed by atoms with Gasteiger partial charge in [0.2, 0.25) is 9.73 Å². The molecule has 0 spiro atoms. The van der Waals surface area contributed by atoms with Gasteiger partial charge < -0.3 is 0 Å². The normalized spacial score (nSPS) is 12.0. The molecular formula is C15H13ClN4S3. The minimum atomic E-state index is 0.650. The van der Waals surface area contributed by atoms with Crippen LogP contribution < -0.4 is 0 Å². The lowest BCUT2D eigenvalue weighted by Gasteiger charge is -2.15. The van der Waals surface area contributed by atoms with Crippen molar-refractivity contribution < 1.29 is 0 Å². The van der Waals surface area contributed by atoms with Crippen LogP contribution >= 0.6 is 46.5 Å². The minimum Gasteiger partial charge on any atom is -0.282 e. The maximum Gasteiger partial charge on any atom is 0.216 e. The van der Waals surface area contributed by atoms with Crippen molar-refractivity contribution in [1.82, 2.24) is 19.1 Å². The van der Waals surface area contributed by atoms with Crippen molar-refractivity contribution >= 4 is 61.7 Å². The Morgan fingerprint density at radius 3 is 2.83 bits per heavy atom. The molecule has 118 valence electrons. The molecule has 0 saturated carbocycles. The Labute approximate surface area is 151 Å². The van der Waals surface area contributed by atoms with Gasteiger partial charge in [-0.1, -0.05) is 35.1 Å². The monoisotopic (exact) mass is 380 g/mol. The smallest absolute Gasteiger partial charge is 0.216 e. The number of fused-ring (bicyclic) bond motifs is 3. The van der Waals surface area contributed by atoms with Crippen molar-refractivity contribution in [2.45, 2.75) is 13.2 Å². The van der Waals surface area contributed by atoms with Gasteiger partial charge in [0.15, 0.2) is 0 Å². The molecule has 1 aromatic carbocycles. The third-order valence-electron chi connectivity index (χ3n) is 3.55. The van der Waals surface area contributed by atoms with Crippen molar-refractivity contribution in [2.75, 3.05) is 7.05 Å². The van der Waals surface area contributed by atoms with Crippen LogP contribution in [-0.2, 0) is 13.2 Å².